The van der Waals surface area contributed by atoms with Crippen LogP contribution in [0.25, 0.3) is 0 Å². The van der Waals surface area contributed by atoms with Gasteiger partial charge in [0.2, 0.25) is 11.6 Å². The van der Waals surface area contributed by atoms with Crippen molar-refractivity contribution in [3.63, 3.8) is 0 Å². The highest BCUT2D eigenvalue weighted by Crippen LogP contribution is 2.31. The summed E-state index contributed by atoms with van der Waals surface area (Å²) in [5, 5.41) is 17.4. The fourth-order valence-electron chi connectivity index (χ4n) is 1.64. The summed E-state index contributed by atoms with van der Waals surface area (Å²) >= 11 is 5.88. The standard InChI is InChI=1S/C13H12ClN5O2/c1-2-6-15-12-11(19(20)21)13(17-8-16-12)18-10-5-3-4-9(14)7-10/h2-5,7-8H,1,6H2,(H2,15,16,17,18). The van der Waals surface area contributed by atoms with Crippen LogP contribution in [0.4, 0.5) is 23.0 Å². The first-order valence-corrected chi connectivity index (χ1v) is 6.36. The topological polar surface area (TPSA) is 93.0 Å². The molecule has 0 aliphatic carbocycles. The summed E-state index contributed by atoms with van der Waals surface area (Å²) in [6, 6.07) is 6.81. The van der Waals surface area contributed by atoms with Crippen molar-refractivity contribution in [2.45, 2.75) is 0 Å². The van der Waals surface area contributed by atoms with E-state index in [1.165, 1.54) is 6.33 Å². The van der Waals surface area contributed by atoms with Gasteiger partial charge in [0, 0.05) is 17.3 Å². The molecule has 7 nitrogen and oxygen atoms in total. The lowest BCUT2D eigenvalue weighted by Gasteiger charge is -2.09. The molecule has 0 radical (unpaired) electrons. The van der Waals surface area contributed by atoms with E-state index in [0.717, 1.165) is 0 Å². The predicted octanol–water partition coefficient (Wildman–Crippen LogP) is 3.38. The Bertz CT molecular complexity index is 677. The van der Waals surface area contributed by atoms with Gasteiger partial charge in [0.15, 0.2) is 0 Å². The molecule has 0 aliphatic heterocycles. The maximum atomic E-state index is 11.3. The molecule has 0 saturated carbocycles. The van der Waals surface area contributed by atoms with Gasteiger partial charge >= 0.3 is 5.69 Å². The van der Waals surface area contributed by atoms with Crippen LogP contribution < -0.4 is 10.6 Å². The minimum Gasteiger partial charge on any atom is -0.361 e. The molecule has 0 atom stereocenters. The Kier molecular flexibility index (Phi) is 4.68. The first kappa shape index (κ1) is 14.7. The van der Waals surface area contributed by atoms with E-state index in [-0.39, 0.29) is 17.3 Å². The number of hydrogen-bond acceptors (Lipinski definition) is 6. The zero-order chi connectivity index (χ0) is 15.2. The highest BCUT2D eigenvalue weighted by Gasteiger charge is 2.22. The summed E-state index contributed by atoms with van der Waals surface area (Å²) in [4.78, 5) is 18.5. The van der Waals surface area contributed by atoms with E-state index in [0.29, 0.717) is 17.3 Å². The van der Waals surface area contributed by atoms with Crippen LogP contribution in [0.2, 0.25) is 5.02 Å². The van der Waals surface area contributed by atoms with Gasteiger partial charge < -0.3 is 10.6 Å². The lowest BCUT2D eigenvalue weighted by Crippen LogP contribution is -2.08. The van der Waals surface area contributed by atoms with Gasteiger partial charge in [-0.3, -0.25) is 10.1 Å². The Morgan fingerprint density at radius 1 is 1.38 bits per heavy atom. The molecule has 1 aromatic heterocycles. The molecule has 0 aliphatic rings. The van der Waals surface area contributed by atoms with Crippen molar-refractivity contribution in [3.05, 3.63) is 58.4 Å². The maximum absolute atomic E-state index is 11.3. The predicted molar refractivity (Wildman–Crippen MR) is 82.1 cm³/mol. The first-order valence-electron chi connectivity index (χ1n) is 5.98. The Balaban J connectivity index is 2.38. The number of hydrogen-bond donors (Lipinski definition) is 2. The van der Waals surface area contributed by atoms with E-state index in [9.17, 15) is 10.1 Å². The Labute approximate surface area is 125 Å². The van der Waals surface area contributed by atoms with Crippen LogP contribution in [0.5, 0.6) is 0 Å². The van der Waals surface area contributed by atoms with E-state index in [1.54, 1.807) is 30.3 Å². The highest BCUT2D eigenvalue weighted by atomic mass is 35.5. The number of nitrogens with one attached hydrogen (secondary N) is 2. The maximum Gasteiger partial charge on any atom is 0.353 e. The number of nitro groups is 1. The summed E-state index contributed by atoms with van der Waals surface area (Å²) < 4.78 is 0. The molecule has 0 unspecified atom stereocenters. The molecular weight excluding hydrogens is 294 g/mol. The molecule has 0 saturated heterocycles. The average Bonchev–Trinajstić information content (AvgIpc) is 2.45. The number of rotatable bonds is 6. The molecule has 1 heterocycles. The van der Waals surface area contributed by atoms with Gasteiger partial charge in [0.25, 0.3) is 0 Å². The molecule has 2 rings (SSSR count). The summed E-state index contributed by atoms with van der Waals surface area (Å²) in [6.07, 6.45) is 2.82. The largest absolute Gasteiger partial charge is 0.361 e. The van der Waals surface area contributed by atoms with Crippen molar-refractivity contribution in [2.75, 3.05) is 17.2 Å². The van der Waals surface area contributed by atoms with Crippen LogP contribution in [-0.2, 0) is 0 Å². The Hall–Kier alpha value is -2.67. The zero-order valence-corrected chi connectivity index (χ0v) is 11.7. The summed E-state index contributed by atoms with van der Waals surface area (Å²) in [5.74, 6) is 0.211. The van der Waals surface area contributed by atoms with Crippen molar-refractivity contribution in [3.8, 4) is 0 Å². The van der Waals surface area contributed by atoms with E-state index in [2.05, 4.69) is 27.2 Å². The lowest BCUT2D eigenvalue weighted by molar-refractivity contribution is -0.383. The second-order valence-electron chi connectivity index (χ2n) is 3.98. The van der Waals surface area contributed by atoms with E-state index < -0.39 is 4.92 Å². The molecule has 8 heteroatoms. The van der Waals surface area contributed by atoms with Crippen molar-refractivity contribution < 1.29 is 4.92 Å². The van der Waals surface area contributed by atoms with E-state index in [4.69, 9.17) is 11.6 Å². The number of nitrogens with zero attached hydrogens (tertiary/aromatic N) is 3. The third kappa shape index (κ3) is 3.67. The smallest absolute Gasteiger partial charge is 0.353 e. The molecule has 0 fully saturated rings. The van der Waals surface area contributed by atoms with Gasteiger partial charge in [-0.15, -0.1) is 6.58 Å². The number of benzene rings is 1. The van der Waals surface area contributed by atoms with Crippen molar-refractivity contribution >= 4 is 34.6 Å². The third-order valence-electron chi connectivity index (χ3n) is 2.51. The molecule has 2 N–H and O–H groups in total. The van der Waals surface area contributed by atoms with Crippen molar-refractivity contribution in [1.29, 1.82) is 0 Å². The van der Waals surface area contributed by atoms with Gasteiger partial charge in [0.05, 0.1) is 4.92 Å². The molecule has 0 bridgehead atoms. The lowest BCUT2D eigenvalue weighted by atomic mass is 10.3. The molecule has 21 heavy (non-hydrogen) atoms. The van der Waals surface area contributed by atoms with Crippen LogP contribution in [0.1, 0.15) is 0 Å². The first-order chi connectivity index (χ1) is 10.1. The monoisotopic (exact) mass is 305 g/mol. The third-order valence-corrected chi connectivity index (χ3v) is 2.74. The molecule has 1 aromatic carbocycles. The second-order valence-corrected chi connectivity index (χ2v) is 4.42. The molecule has 0 spiro atoms. The summed E-state index contributed by atoms with van der Waals surface area (Å²) in [5.41, 5.74) is 0.360. The van der Waals surface area contributed by atoms with Crippen LogP contribution >= 0.6 is 11.6 Å². The average molecular weight is 306 g/mol. The Morgan fingerprint density at radius 3 is 2.81 bits per heavy atom. The summed E-state index contributed by atoms with van der Waals surface area (Å²) in [6.45, 7) is 3.90. The summed E-state index contributed by atoms with van der Waals surface area (Å²) in [7, 11) is 0. The van der Waals surface area contributed by atoms with Crippen molar-refractivity contribution in [2.24, 2.45) is 0 Å². The second kappa shape index (κ2) is 6.67. The molecule has 2 aromatic rings. The number of anilines is 3. The minimum absolute atomic E-state index is 0.0869. The number of aromatic nitrogens is 2. The fraction of sp³-hybridized carbons (Fsp3) is 0.0769. The fourth-order valence-corrected chi connectivity index (χ4v) is 1.83. The van der Waals surface area contributed by atoms with Gasteiger partial charge in [-0.2, -0.15) is 0 Å². The van der Waals surface area contributed by atoms with Gasteiger partial charge in [-0.1, -0.05) is 23.7 Å². The molecule has 108 valence electrons. The van der Waals surface area contributed by atoms with Gasteiger partial charge in [-0.25, -0.2) is 9.97 Å². The Morgan fingerprint density at radius 2 is 2.14 bits per heavy atom. The van der Waals surface area contributed by atoms with Crippen LogP contribution in [0.3, 0.4) is 0 Å². The van der Waals surface area contributed by atoms with Crippen LogP contribution in [0.15, 0.2) is 43.2 Å². The van der Waals surface area contributed by atoms with Crippen LogP contribution in [0, 0.1) is 10.1 Å². The van der Waals surface area contributed by atoms with E-state index in [1.807, 2.05) is 0 Å². The SMILES string of the molecule is C=CCNc1ncnc(Nc2cccc(Cl)c2)c1[N+](=O)[O-]. The van der Waals surface area contributed by atoms with Gasteiger partial charge in [-0.05, 0) is 18.2 Å². The molecule has 0 amide bonds. The van der Waals surface area contributed by atoms with Gasteiger partial charge in [0.1, 0.15) is 6.33 Å². The van der Waals surface area contributed by atoms with Crippen molar-refractivity contribution in [1.82, 2.24) is 9.97 Å². The zero-order valence-electron chi connectivity index (χ0n) is 10.9. The van der Waals surface area contributed by atoms with Crippen LogP contribution in [-0.4, -0.2) is 21.4 Å². The highest BCUT2D eigenvalue weighted by molar-refractivity contribution is 6.30. The quantitative estimate of drug-likeness (QED) is 0.483. The molecular formula is C13H12ClN5O2. The van der Waals surface area contributed by atoms with E-state index >= 15 is 0 Å². The minimum atomic E-state index is -0.543. The number of halogens is 1. The normalized spacial score (nSPS) is 9.95.